The van der Waals surface area contributed by atoms with Crippen molar-refractivity contribution in [1.82, 2.24) is 0 Å². The van der Waals surface area contributed by atoms with Gasteiger partial charge in [-0.15, -0.1) is 0 Å². The first-order valence-electron chi connectivity index (χ1n) is 7.81. The van der Waals surface area contributed by atoms with E-state index in [1.807, 2.05) is 6.07 Å². The van der Waals surface area contributed by atoms with Gasteiger partial charge in [0.25, 0.3) is 0 Å². The number of carbonyl (C=O) groups excluding carboxylic acids is 1. The summed E-state index contributed by atoms with van der Waals surface area (Å²) in [4.78, 5) is 10.7. The zero-order valence-electron chi connectivity index (χ0n) is 15.2. The summed E-state index contributed by atoms with van der Waals surface area (Å²) in [5.41, 5.74) is 5.96. The minimum Gasteiger partial charge on any atom is -0.497 e. The summed E-state index contributed by atoms with van der Waals surface area (Å²) in [5.74, 6) is 0.989. The zero-order valence-corrected chi connectivity index (χ0v) is 16.0. The number of rotatable bonds is 3. The third-order valence-corrected chi connectivity index (χ3v) is 4.10. The van der Waals surface area contributed by atoms with Gasteiger partial charge in [-0.3, -0.25) is 4.79 Å². The number of benzene rings is 2. The van der Waals surface area contributed by atoms with Gasteiger partial charge in [-0.25, -0.2) is 0 Å². The summed E-state index contributed by atoms with van der Waals surface area (Å²) in [6, 6.07) is 13.0. The van der Waals surface area contributed by atoms with Crippen molar-refractivity contribution >= 4 is 23.0 Å². The van der Waals surface area contributed by atoms with E-state index in [0.29, 0.717) is 10.6 Å². The fourth-order valence-corrected chi connectivity index (χ4v) is 2.21. The van der Waals surface area contributed by atoms with Crippen molar-refractivity contribution in [2.45, 2.75) is 34.6 Å². The highest BCUT2D eigenvalue weighted by atomic mass is 35.5. The third-order valence-electron chi connectivity index (χ3n) is 3.85. The smallest absolute Gasteiger partial charge is 0.159 e. The van der Waals surface area contributed by atoms with Crippen molar-refractivity contribution in [3.63, 3.8) is 0 Å². The fourth-order valence-electron chi connectivity index (χ4n) is 2.09. The average Bonchev–Trinajstić information content (AvgIpc) is 2.55. The molecule has 0 fully saturated rings. The quantitative estimate of drug-likeness (QED) is 0.605. The van der Waals surface area contributed by atoms with E-state index in [2.05, 4.69) is 39.8 Å². The minimum atomic E-state index is 0.0664. The molecule has 0 unspecified atom stereocenters. The Morgan fingerprint density at radius 2 is 1.54 bits per heavy atom. The Morgan fingerprint density at radius 3 is 2.00 bits per heavy atom. The monoisotopic (exact) mass is 344 g/mol. The molecule has 0 saturated heterocycles. The maximum absolute atomic E-state index is 10.7. The molecule has 0 spiro atoms. The summed E-state index contributed by atoms with van der Waals surface area (Å²) < 4.78 is 5.22. The number of hydrogen-bond acceptors (Lipinski definition) is 2. The van der Waals surface area contributed by atoms with Gasteiger partial charge in [0.1, 0.15) is 5.75 Å². The molecule has 128 valence electrons. The van der Waals surface area contributed by atoms with Crippen LogP contribution in [-0.4, -0.2) is 12.9 Å². The predicted molar refractivity (Wildman–Crippen MR) is 103 cm³/mol. The molecule has 2 nitrogen and oxygen atoms in total. The fraction of sp³-hybridized carbons (Fsp3) is 0.286. The van der Waals surface area contributed by atoms with Gasteiger partial charge in [-0.2, -0.15) is 0 Å². The molecular weight excluding hydrogens is 320 g/mol. The normalized spacial score (nSPS) is 9.62. The molecule has 2 aromatic rings. The highest BCUT2D eigenvalue weighted by Gasteiger charge is 2.03. The molecule has 24 heavy (non-hydrogen) atoms. The Kier molecular flexibility index (Phi) is 7.73. The Hall–Kier alpha value is -2.06. The van der Waals surface area contributed by atoms with Crippen LogP contribution in [0, 0.1) is 6.92 Å². The van der Waals surface area contributed by atoms with Gasteiger partial charge in [-0.05, 0) is 87.7 Å². The minimum absolute atomic E-state index is 0.0664. The number of allylic oxidation sites excluding steroid dienone is 2. The lowest BCUT2D eigenvalue weighted by Crippen LogP contribution is -1.90. The summed E-state index contributed by atoms with van der Waals surface area (Å²) in [7, 11) is 1.70. The number of aryl methyl sites for hydroxylation is 1. The lowest BCUT2D eigenvalue weighted by molar-refractivity contribution is 0.101. The largest absolute Gasteiger partial charge is 0.497 e. The number of ketones is 1. The number of halogens is 1. The van der Waals surface area contributed by atoms with E-state index in [1.165, 1.54) is 29.2 Å². The number of ether oxygens (including phenoxy) is 1. The topological polar surface area (TPSA) is 26.3 Å². The average molecular weight is 345 g/mol. The van der Waals surface area contributed by atoms with Crippen LogP contribution in [0.3, 0.4) is 0 Å². The molecule has 2 rings (SSSR count). The molecule has 3 heteroatoms. The van der Waals surface area contributed by atoms with E-state index in [-0.39, 0.29) is 5.78 Å². The van der Waals surface area contributed by atoms with Crippen molar-refractivity contribution in [3.05, 3.63) is 69.8 Å². The molecule has 0 saturated carbocycles. The summed E-state index contributed by atoms with van der Waals surface area (Å²) in [6.45, 7) is 10.1. The number of hydrogen-bond donors (Lipinski definition) is 0. The second-order valence-electron chi connectivity index (χ2n) is 5.87. The second kappa shape index (κ2) is 9.29. The second-order valence-corrected chi connectivity index (χ2v) is 6.31. The van der Waals surface area contributed by atoms with Gasteiger partial charge in [0.15, 0.2) is 5.78 Å². The zero-order chi connectivity index (χ0) is 18.3. The first-order valence-corrected chi connectivity index (χ1v) is 8.19. The summed E-state index contributed by atoms with van der Waals surface area (Å²) in [6.07, 6.45) is 0. The molecule has 0 bridgehead atoms. The first kappa shape index (κ1) is 20.0. The van der Waals surface area contributed by atoms with Crippen molar-refractivity contribution in [2.75, 3.05) is 7.11 Å². The van der Waals surface area contributed by atoms with Crippen molar-refractivity contribution in [2.24, 2.45) is 0 Å². The van der Waals surface area contributed by atoms with Gasteiger partial charge >= 0.3 is 0 Å². The maximum Gasteiger partial charge on any atom is 0.159 e. The molecule has 0 aliphatic rings. The van der Waals surface area contributed by atoms with Crippen LogP contribution in [0.2, 0.25) is 5.02 Å². The van der Waals surface area contributed by atoms with Crippen molar-refractivity contribution < 1.29 is 9.53 Å². The van der Waals surface area contributed by atoms with Crippen LogP contribution in [-0.2, 0) is 0 Å². The highest BCUT2D eigenvalue weighted by Crippen LogP contribution is 2.25. The van der Waals surface area contributed by atoms with E-state index >= 15 is 0 Å². The van der Waals surface area contributed by atoms with Crippen molar-refractivity contribution in [1.29, 1.82) is 0 Å². The third kappa shape index (κ3) is 5.86. The SMILES string of the molecule is CC(=O)c1ccc(Cl)cc1.COc1ccc(C)c(C(C)=C(C)C)c1. The molecule has 0 heterocycles. The van der Waals surface area contributed by atoms with Crippen LogP contribution >= 0.6 is 11.6 Å². The Balaban J connectivity index is 0.000000254. The standard InChI is InChI=1S/C13H18O.C8H7ClO/c1-9(2)11(4)13-8-12(14-5)7-6-10(13)3;1-6(10)7-2-4-8(9)5-3-7/h6-8H,1-5H3;2-5H,1H3. The van der Waals surface area contributed by atoms with Crippen LogP contribution in [0.1, 0.15) is 49.2 Å². The van der Waals surface area contributed by atoms with Gasteiger partial charge < -0.3 is 4.74 Å². The summed E-state index contributed by atoms with van der Waals surface area (Å²) >= 11 is 5.61. The Bertz CT molecular complexity index is 724. The van der Waals surface area contributed by atoms with E-state index < -0.39 is 0 Å². The van der Waals surface area contributed by atoms with E-state index in [4.69, 9.17) is 16.3 Å². The molecule has 0 aliphatic carbocycles. The van der Waals surface area contributed by atoms with E-state index in [9.17, 15) is 4.79 Å². The van der Waals surface area contributed by atoms with E-state index in [0.717, 1.165) is 5.75 Å². The molecule has 2 aromatic carbocycles. The highest BCUT2D eigenvalue weighted by molar-refractivity contribution is 6.30. The molecule has 0 radical (unpaired) electrons. The van der Waals surface area contributed by atoms with Gasteiger partial charge in [0.05, 0.1) is 7.11 Å². The van der Waals surface area contributed by atoms with Crippen LogP contribution in [0.15, 0.2) is 48.0 Å². The van der Waals surface area contributed by atoms with Crippen LogP contribution in [0.4, 0.5) is 0 Å². The lowest BCUT2D eigenvalue weighted by Gasteiger charge is -2.10. The number of methoxy groups -OCH3 is 1. The molecule has 0 aliphatic heterocycles. The molecule has 0 aromatic heterocycles. The predicted octanol–water partition coefficient (Wildman–Crippen LogP) is 6.36. The van der Waals surface area contributed by atoms with Crippen molar-refractivity contribution in [3.8, 4) is 5.75 Å². The molecule has 0 amide bonds. The Morgan fingerprint density at radius 1 is 0.958 bits per heavy atom. The number of carbonyl (C=O) groups is 1. The van der Waals surface area contributed by atoms with E-state index in [1.54, 1.807) is 31.4 Å². The molecule has 0 atom stereocenters. The van der Waals surface area contributed by atoms with Gasteiger partial charge in [-0.1, -0.05) is 23.2 Å². The molecule has 0 N–H and O–H groups in total. The first-order chi connectivity index (χ1) is 11.3. The summed E-state index contributed by atoms with van der Waals surface area (Å²) in [5, 5.41) is 0.657. The number of Topliss-reactive ketones (excluding diaryl/α,β-unsaturated/α-hetero) is 1. The lowest BCUT2D eigenvalue weighted by atomic mass is 9.98. The Labute approximate surface area is 150 Å². The van der Waals surface area contributed by atoms with Gasteiger partial charge in [0, 0.05) is 10.6 Å². The van der Waals surface area contributed by atoms with Crippen LogP contribution in [0.25, 0.3) is 5.57 Å². The van der Waals surface area contributed by atoms with Gasteiger partial charge in [0.2, 0.25) is 0 Å². The van der Waals surface area contributed by atoms with Crippen LogP contribution in [0.5, 0.6) is 5.75 Å². The van der Waals surface area contributed by atoms with Crippen LogP contribution < -0.4 is 4.74 Å². The maximum atomic E-state index is 10.7. The molecular formula is C21H25ClO2.